The first kappa shape index (κ1) is 18.7. The average molecular weight is 411 g/mol. The molecule has 2 aromatic heterocycles. The van der Waals surface area contributed by atoms with E-state index in [1.54, 1.807) is 0 Å². The fraction of sp³-hybridized carbons (Fsp3) is 0.333. The number of carbonyl (C=O) groups excluding carboxylic acids is 2. The number of primary amides is 1. The summed E-state index contributed by atoms with van der Waals surface area (Å²) in [5.74, 6) is -0.983. The van der Waals surface area contributed by atoms with Gasteiger partial charge in [-0.2, -0.15) is 5.10 Å². The summed E-state index contributed by atoms with van der Waals surface area (Å²) < 4.78 is 28.2. The van der Waals surface area contributed by atoms with Gasteiger partial charge < -0.3 is 10.6 Å². The predicted molar refractivity (Wildman–Crippen MR) is 103 cm³/mol. The lowest BCUT2D eigenvalue weighted by atomic mass is 9.93. The van der Waals surface area contributed by atoms with Gasteiger partial charge in [-0.25, -0.2) is 18.3 Å². The molecular formula is C21H19F2N5O2. The van der Waals surface area contributed by atoms with Crippen LogP contribution in [0.2, 0.25) is 0 Å². The van der Waals surface area contributed by atoms with E-state index in [1.165, 1.54) is 17.2 Å². The van der Waals surface area contributed by atoms with E-state index in [0.29, 0.717) is 12.1 Å². The van der Waals surface area contributed by atoms with Gasteiger partial charge in [0.1, 0.15) is 17.3 Å². The number of halogens is 2. The number of nitrogens with zero attached hydrogens (tertiary/aromatic N) is 4. The lowest BCUT2D eigenvalue weighted by molar-refractivity contribution is -0.122. The molecule has 0 unspecified atom stereocenters. The normalized spacial score (nSPS) is 18.6. The van der Waals surface area contributed by atoms with Gasteiger partial charge in [-0.3, -0.25) is 9.59 Å². The Bertz CT molecular complexity index is 1170. The standard InChI is InChI=1S/C21H19F2N5O2/c22-18(23)16-8-15(11-5-6-11)26-20-14(9-25-28(16)20)21(30)27-10-13-4-2-1-3-12(13)7-17(27)19(24)29/h1-4,8-9,11,17-18H,5-7,10H2,(H2,24,29)/t17-/m1/s1. The maximum atomic E-state index is 13.6. The topological polar surface area (TPSA) is 93.6 Å². The molecule has 0 bridgehead atoms. The monoisotopic (exact) mass is 411 g/mol. The van der Waals surface area contributed by atoms with E-state index in [-0.39, 0.29) is 29.4 Å². The van der Waals surface area contributed by atoms with Crippen molar-refractivity contribution in [2.24, 2.45) is 5.73 Å². The molecule has 9 heteroatoms. The zero-order valence-corrected chi connectivity index (χ0v) is 16.0. The van der Waals surface area contributed by atoms with Gasteiger partial charge in [-0.15, -0.1) is 0 Å². The zero-order valence-electron chi connectivity index (χ0n) is 16.0. The van der Waals surface area contributed by atoms with E-state index in [2.05, 4.69) is 10.1 Å². The minimum absolute atomic E-state index is 0.0850. The average Bonchev–Trinajstić information content (AvgIpc) is 3.50. The molecule has 30 heavy (non-hydrogen) atoms. The van der Waals surface area contributed by atoms with E-state index < -0.39 is 24.3 Å². The highest BCUT2D eigenvalue weighted by Gasteiger charge is 2.36. The van der Waals surface area contributed by atoms with Gasteiger partial charge in [0.05, 0.1) is 6.20 Å². The van der Waals surface area contributed by atoms with Crippen LogP contribution in [-0.4, -0.2) is 37.4 Å². The molecule has 1 aliphatic heterocycles. The number of alkyl halides is 2. The predicted octanol–water partition coefficient (Wildman–Crippen LogP) is 2.60. The molecule has 154 valence electrons. The van der Waals surface area contributed by atoms with Gasteiger partial charge in [0.15, 0.2) is 5.65 Å². The number of rotatable bonds is 4. The van der Waals surface area contributed by atoms with Crippen molar-refractivity contribution in [3.63, 3.8) is 0 Å². The Hall–Kier alpha value is -3.36. The van der Waals surface area contributed by atoms with Crippen molar-refractivity contribution in [2.75, 3.05) is 0 Å². The molecule has 1 saturated carbocycles. The van der Waals surface area contributed by atoms with Gasteiger partial charge in [0, 0.05) is 24.6 Å². The molecule has 1 aromatic carbocycles. The maximum absolute atomic E-state index is 13.6. The Morgan fingerprint density at radius 3 is 2.57 bits per heavy atom. The van der Waals surface area contributed by atoms with Crippen LogP contribution in [0.1, 0.15) is 58.1 Å². The van der Waals surface area contributed by atoms with Crippen LogP contribution in [-0.2, 0) is 17.8 Å². The van der Waals surface area contributed by atoms with E-state index in [0.717, 1.165) is 28.5 Å². The molecule has 3 aromatic rings. The number of fused-ring (bicyclic) bond motifs is 2. The molecule has 7 nitrogen and oxygen atoms in total. The van der Waals surface area contributed by atoms with Crippen molar-refractivity contribution in [3.05, 3.63) is 64.6 Å². The lowest BCUT2D eigenvalue weighted by Gasteiger charge is -2.34. The van der Waals surface area contributed by atoms with Crippen molar-refractivity contribution >= 4 is 17.5 Å². The Labute approximate surface area is 170 Å². The van der Waals surface area contributed by atoms with Gasteiger partial charge in [-0.05, 0) is 30.0 Å². The van der Waals surface area contributed by atoms with Crippen molar-refractivity contribution < 1.29 is 18.4 Å². The summed E-state index contributed by atoms with van der Waals surface area (Å²) >= 11 is 0. The molecule has 0 saturated heterocycles. The Kier molecular flexibility index (Phi) is 4.27. The van der Waals surface area contributed by atoms with Crippen LogP contribution in [0.15, 0.2) is 36.5 Å². The molecular weight excluding hydrogens is 392 g/mol. The number of nitrogens with two attached hydrogens (primary N) is 1. The third-order valence-corrected chi connectivity index (χ3v) is 5.81. The highest BCUT2D eigenvalue weighted by atomic mass is 19.3. The molecule has 3 heterocycles. The summed E-state index contributed by atoms with van der Waals surface area (Å²) in [6, 6.07) is 8.06. The van der Waals surface area contributed by atoms with Crippen LogP contribution < -0.4 is 5.73 Å². The minimum Gasteiger partial charge on any atom is -0.368 e. The Balaban J connectivity index is 1.59. The number of hydrogen-bond donors (Lipinski definition) is 1. The number of carbonyl (C=O) groups is 2. The number of hydrogen-bond acceptors (Lipinski definition) is 4. The fourth-order valence-corrected chi connectivity index (χ4v) is 4.05. The molecule has 0 spiro atoms. The van der Waals surface area contributed by atoms with Crippen LogP contribution >= 0.6 is 0 Å². The van der Waals surface area contributed by atoms with E-state index in [1.807, 2.05) is 24.3 Å². The molecule has 5 rings (SSSR count). The van der Waals surface area contributed by atoms with Crippen LogP contribution in [0, 0.1) is 0 Å². The highest BCUT2D eigenvalue weighted by molar-refractivity contribution is 6.02. The molecule has 2 amide bonds. The zero-order chi connectivity index (χ0) is 21.0. The van der Waals surface area contributed by atoms with Gasteiger partial charge >= 0.3 is 0 Å². The van der Waals surface area contributed by atoms with E-state index in [4.69, 9.17) is 5.73 Å². The van der Waals surface area contributed by atoms with Crippen molar-refractivity contribution in [3.8, 4) is 0 Å². The molecule has 2 aliphatic rings. The van der Waals surface area contributed by atoms with Gasteiger partial charge in [0.2, 0.25) is 5.91 Å². The smallest absolute Gasteiger partial charge is 0.280 e. The first-order chi connectivity index (χ1) is 14.4. The minimum atomic E-state index is -2.75. The maximum Gasteiger partial charge on any atom is 0.280 e. The molecule has 1 aliphatic carbocycles. The third kappa shape index (κ3) is 3.01. The number of benzene rings is 1. The van der Waals surface area contributed by atoms with Crippen molar-refractivity contribution in [2.45, 2.75) is 44.2 Å². The van der Waals surface area contributed by atoms with E-state index in [9.17, 15) is 18.4 Å². The first-order valence-corrected chi connectivity index (χ1v) is 9.78. The molecule has 2 N–H and O–H groups in total. The fourth-order valence-electron chi connectivity index (χ4n) is 4.05. The summed E-state index contributed by atoms with van der Waals surface area (Å²) in [7, 11) is 0. The van der Waals surface area contributed by atoms with Crippen molar-refractivity contribution in [1.82, 2.24) is 19.5 Å². The molecule has 0 radical (unpaired) electrons. The van der Waals surface area contributed by atoms with Crippen molar-refractivity contribution in [1.29, 1.82) is 0 Å². The summed E-state index contributed by atoms with van der Waals surface area (Å²) in [5, 5.41) is 4.00. The quantitative estimate of drug-likeness (QED) is 0.714. The largest absolute Gasteiger partial charge is 0.368 e. The van der Waals surface area contributed by atoms with Crippen LogP contribution in [0.3, 0.4) is 0 Å². The summed E-state index contributed by atoms with van der Waals surface area (Å²) in [6.45, 7) is 0.198. The second-order valence-corrected chi connectivity index (χ2v) is 7.80. The Morgan fingerprint density at radius 1 is 1.17 bits per heavy atom. The number of aromatic nitrogens is 3. The summed E-state index contributed by atoms with van der Waals surface area (Å²) in [4.78, 5) is 31.4. The molecule has 1 fully saturated rings. The molecule has 1 atom stereocenters. The summed E-state index contributed by atoms with van der Waals surface area (Å²) in [5.41, 5.74) is 7.88. The summed E-state index contributed by atoms with van der Waals surface area (Å²) in [6.07, 6.45) is 0.563. The van der Waals surface area contributed by atoms with Gasteiger partial charge in [-0.1, -0.05) is 24.3 Å². The number of amides is 2. The Morgan fingerprint density at radius 2 is 1.90 bits per heavy atom. The first-order valence-electron chi connectivity index (χ1n) is 9.78. The highest BCUT2D eigenvalue weighted by Crippen LogP contribution is 2.40. The van der Waals surface area contributed by atoms with Crippen LogP contribution in [0.25, 0.3) is 5.65 Å². The second kappa shape index (κ2) is 6.86. The van der Waals surface area contributed by atoms with Crippen LogP contribution in [0.5, 0.6) is 0 Å². The van der Waals surface area contributed by atoms with E-state index >= 15 is 0 Å². The second-order valence-electron chi connectivity index (χ2n) is 7.80. The van der Waals surface area contributed by atoms with Crippen LogP contribution in [0.4, 0.5) is 8.78 Å². The van der Waals surface area contributed by atoms with Gasteiger partial charge in [0.25, 0.3) is 12.3 Å². The third-order valence-electron chi connectivity index (χ3n) is 5.81. The lowest BCUT2D eigenvalue weighted by Crippen LogP contribution is -2.51. The SMILES string of the molecule is NC(=O)[C@H]1Cc2ccccc2CN1C(=O)c1cnn2c(C(F)F)cc(C3CC3)nc12.